The summed E-state index contributed by atoms with van der Waals surface area (Å²) in [4.78, 5) is 10.5. The van der Waals surface area contributed by atoms with Crippen LogP contribution >= 0.6 is 0 Å². The fourth-order valence-electron chi connectivity index (χ4n) is 2.18. The van der Waals surface area contributed by atoms with Crippen molar-refractivity contribution in [2.45, 2.75) is 20.5 Å². The van der Waals surface area contributed by atoms with Crippen LogP contribution in [-0.2, 0) is 6.61 Å². The molecule has 0 bridgehead atoms. The van der Waals surface area contributed by atoms with E-state index < -0.39 is 0 Å². The molecule has 0 saturated carbocycles. The van der Waals surface area contributed by atoms with Crippen LogP contribution in [0.2, 0.25) is 0 Å². The maximum atomic E-state index is 10.5. The summed E-state index contributed by atoms with van der Waals surface area (Å²) in [6, 6.07) is 11.2. The molecule has 1 N–H and O–H groups in total. The van der Waals surface area contributed by atoms with E-state index in [1.807, 2.05) is 44.2 Å². The molecule has 0 aliphatic heterocycles. The summed E-state index contributed by atoms with van der Waals surface area (Å²) in [7, 11) is 3.18. The fraction of sp³-hybridized carbons (Fsp3) is 0.278. The van der Waals surface area contributed by atoms with Gasteiger partial charge in [-0.05, 0) is 31.0 Å². The lowest BCUT2D eigenvalue weighted by Gasteiger charge is -2.07. The summed E-state index contributed by atoms with van der Waals surface area (Å²) in [5, 5.41) is 8.89. The molecule has 2 aromatic carbocycles. The molecule has 0 unspecified atom stereocenters. The van der Waals surface area contributed by atoms with Crippen LogP contribution in [0.3, 0.4) is 0 Å². The van der Waals surface area contributed by atoms with Gasteiger partial charge in [0.15, 0.2) is 6.29 Å². The molecule has 0 saturated heterocycles. The molecule has 0 radical (unpaired) electrons. The lowest BCUT2D eigenvalue weighted by molar-refractivity contribution is 0.112. The molecule has 0 heterocycles. The number of aliphatic hydroxyl groups is 1. The minimum atomic E-state index is 0.0326. The van der Waals surface area contributed by atoms with Crippen molar-refractivity contribution in [3.63, 3.8) is 0 Å². The van der Waals surface area contributed by atoms with Gasteiger partial charge in [0.1, 0.15) is 11.5 Å². The van der Waals surface area contributed by atoms with Gasteiger partial charge in [-0.25, -0.2) is 0 Å². The van der Waals surface area contributed by atoms with Gasteiger partial charge in [-0.3, -0.25) is 4.79 Å². The molecule has 0 spiro atoms. The summed E-state index contributed by atoms with van der Waals surface area (Å²) < 4.78 is 10.1. The summed E-state index contributed by atoms with van der Waals surface area (Å²) in [5.41, 5.74) is 3.48. The normalized spacial score (nSPS) is 9.50. The number of aryl methyl sites for hydroxylation is 2. The monoisotopic (exact) mass is 302 g/mol. The van der Waals surface area contributed by atoms with Crippen molar-refractivity contribution < 1.29 is 19.4 Å². The van der Waals surface area contributed by atoms with Gasteiger partial charge in [-0.1, -0.05) is 30.3 Å². The van der Waals surface area contributed by atoms with Crippen LogP contribution in [0.4, 0.5) is 0 Å². The molecular formula is C18H22O4. The average molecular weight is 302 g/mol. The van der Waals surface area contributed by atoms with Crippen molar-refractivity contribution in [1.29, 1.82) is 0 Å². The van der Waals surface area contributed by atoms with Gasteiger partial charge in [0.2, 0.25) is 0 Å². The lowest BCUT2D eigenvalue weighted by atomic mass is 10.1. The minimum Gasteiger partial charge on any atom is -0.496 e. The third kappa shape index (κ3) is 4.33. The van der Waals surface area contributed by atoms with Crippen molar-refractivity contribution in [3.05, 3.63) is 58.7 Å². The molecule has 0 aromatic heterocycles. The van der Waals surface area contributed by atoms with E-state index in [4.69, 9.17) is 14.6 Å². The molecule has 22 heavy (non-hydrogen) atoms. The van der Waals surface area contributed by atoms with E-state index >= 15 is 0 Å². The Morgan fingerprint density at radius 2 is 1.50 bits per heavy atom. The highest BCUT2D eigenvalue weighted by molar-refractivity contribution is 5.80. The van der Waals surface area contributed by atoms with Gasteiger partial charge in [0.25, 0.3) is 0 Å². The van der Waals surface area contributed by atoms with Crippen LogP contribution in [-0.4, -0.2) is 25.6 Å². The second-order valence-electron chi connectivity index (χ2n) is 4.74. The van der Waals surface area contributed by atoms with E-state index in [-0.39, 0.29) is 6.61 Å². The van der Waals surface area contributed by atoms with Crippen molar-refractivity contribution in [2.75, 3.05) is 14.2 Å². The molecule has 4 heteroatoms. The molecule has 0 amide bonds. The number of ether oxygens (including phenoxy) is 2. The number of benzene rings is 2. The zero-order valence-corrected chi connectivity index (χ0v) is 13.4. The van der Waals surface area contributed by atoms with Crippen LogP contribution < -0.4 is 9.47 Å². The van der Waals surface area contributed by atoms with Crippen LogP contribution in [0.25, 0.3) is 0 Å². The average Bonchev–Trinajstić information content (AvgIpc) is 2.54. The topological polar surface area (TPSA) is 55.8 Å². The standard InChI is InChI=1S/C9H12O2.C9H10O2/c2*1-7-4-3-5-8(6-10)9(7)11-2/h3-5,10H,6H2,1-2H3;3-6H,1-2H3. The number of carbonyl (C=O) groups excluding carboxylic acids is 1. The van der Waals surface area contributed by atoms with Crippen molar-refractivity contribution in [1.82, 2.24) is 0 Å². The number of hydrogen-bond donors (Lipinski definition) is 1. The molecule has 0 aliphatic carbocycles. The Hall–Kier alpha value is -2.33. The number of carbonyl (C=O) groups is 1. The second kappa shape index (κ2) is 8.85. The van der Waals surface area contributed by atoms with Gasteiger partial charge in [-0.15, -0.1) is 0 Å². The Balaban J connectivity index is 0.000000220. The van der Waals surface area contributed by atoms with Crippen molar-refractivity contribution in [3.8, 4) is 11.5 Å². The number of aliphatic hydroxyl groups excluding tert-OH is 1. The largest absolute Gasteiger partial charge is 0.496 e. The van der Waals surface area contributed by atoms with Crippen LogP contribution in [0, 0.1) is 13.8 Å². The van der Waals surface area contributed by atoms with Gasteiger partial charge < -0.3 is 14.6 Å². The molecule has 0 aliphatic rings. The number of hydrogen-bond acceptors (Lipinski definition) is 4. The Bertz CT molecular complexity index is 620. The van der Waals surface area contributed by atoms with E-state index in [9.17, 15) is 4.79 Å². The number of methoxy groups -OCH3 is 2. The zero-order valence-electron chi connectivity index (χ0n) is 13.4. The molecule has 4 nitrogen and oxygen atoms in total. The molecular weight excluding hydrogens is 280 g/mol. The van der Waals surface area contributed by atoms with Crippen LogP contribution in [0.1, 0.15) is 27.0 Å². The molecule has 2 aromatic rings. The van der Waals surface area contributed by atoms with Gasteiger partial charge in [0, 0.05) is 5.56 Å². The smallest absolute Gasteiger partial charge is 0.153 e. The van der Waals surface area contributed by atoms with E-state index in [1.165, 1.54) is 0 Å². The minimum absolute atomic E-state index is 0.0326. The maximum Gasteiger partial charge on any atom is 0.153 e. The molecule has 2 rings (SSSR count). The first-order valence-corrected chi connectivity index (χ1v) is 6.91. The highest BCUT2D eigenvalue weighted by atomic mass is 16.5. The fourth-order valence-corrected chi connectivity index (χ4v) is 2.18. The Kier molecular flexibility index (Phi) is 7.13. The predicted octanol–water partition coefficient (Wildman–Crippen LogP) is 3.31. The number of para-hydroxylation sites is 2. The first kappa shape index (κ1) is 17.7. The first-order valence-electron chi connectivity index (χ1n) is 6.91. The third-order valence-electron chi connectivity index (χ3n) is 3.24. The summed E-state index contributed by atoms with van der Waals surface area (Å²) in [6.07, 6.45) is 0.797. The SMILES string of the molecule is COc1c(C)cccc1C=O.COc1c(C)cccc1CO. The van der Waals surface area contributed by atoms with Crippen LogP contribution in [0.15, 0.2) is 36.4 Å². The predicted molar refractivity (Wildman–Crippen MR) is 86.8 cm³/mol. The van der Waals surface area contributed by atoms with E-state index in [2.05, 4.69) is 0 Å². The quantitative estimate of drug-likeness (QED) is 0.880. The Labute approximate surface area is 131 Å². The molecule has 118 valence electrons. The van der Waals surface area contributed by atoms with Crippen molar-refractivity contribution in [2.24, 2.45) is 0 Å². The van der Waals surface area contributed by atoms with Gasteiger partial charge in [-0.2, -0.15) is 0 Å². The summed E-state index contributed by atoms with van der Waals surface area (Å²) >= 11 is 0. The van der Waals surface area contributed by atoms with E-state index in [0.717, 1.165) is 28.7 Å². The van der Waals surface area contributed by atoms with E-state index in [1.54, 1.807) is 20.3 Å². The summed E-state index contributed by atoms with van der Waals surface area (Å²) in [6.45, 7) is 3.90. The molecule has 0 fully saturated rings. The molecule has 0 atom stereocenters. The number of rotatable bonds is 4. The number of aldehydes is 1. The Morgan fingerprint density at radius 1 is 0.955 bits per heavy atom. The van der Waals surface area contributed by atoms with Gasteiger partial charge >= 0.3 is 0 Å². The lowest BCUT2D eigenvalue weighted by Crippen LogP contribution is -1.93. The second-order valence-corrected chi connectivity index (χ2v) is 4.74. The first-order chi connectivity index (χ1) is 10.6. The highest BCUT2D eigenvalue weighted by Crippen LogP contribution is 2.22. The van der Waals surface area contributed by atoms with E-state index in [0.29, 0.717) is 11.3 Å². The van der Waals surface area contributed by atoms with Gasteiger partial charge in [0.05, 0.1) is 26.4 Å². The maximum absolute atomic E-state index is 10.5. The van der Waals surface area contributed by atoms with Crippen molar-refractivity contribution >= 4 is 6.29 Å². The zero-order chi connectivity index (χ0) is 16.5. The van der Waals surface area contributed by atoms with Crippen LogP contribution in [0.5, 0.6) is 11.5 Å². The highest BCUT2D eigenvalue weighted by Gasteiger charge is 2.03. The third-order valence-corrected chi connectivity index (χ3v) is 3.24. The summed E-state index contributed by atoms with van der Waals surface area (Å²) in [5.74, 6) is 1.46. The Morgan fingerprint density at radius 3 is 1.91 bits per heavy atom.